The molecule has 1 aliphatic heterocycles. The molecule has 0 N–H and O–H groups in total. The van der Waals surface area contributed by atoms with Gasteiger partial charge in [-0.25, -0.2) is 4.39 Å². The van der Waals surface area contributed by atoms with E-state index >= 15 is 0 Å². The molecule has 3 rings (SSSR count). The third-order valence-corrected chi connectivity index (χ3v) is 5.73. The van der Waals surface area contributed by atoms with Gasteiger partial charge in [-0.05, 0) is 56.8 Å². The molecule has 148 valence electrons. The fraction of sp³-hybridized carbons (Fsp3) is 0.500. The highest BCUT2D eigenvalue weighted by Crippen LogP contribution is 2.36. The molecule has 0 aliphatic carbocycles. The molecule has 2 aromatic rings. The summed E-state index contributed by atoms with van der Waals surface area (Å²) in [5.41, 5.74) is 0.554. The first kappa shape index (κ1) is 21.9. The third kappa shape index (κ3) is 4.89. The normalized spacial score (nSPS) is 16.8. The van der Waals surface area contributed by atoms with Crippen molar-refractivity contribution in [1.82, 2.24) is 9.88 Å². The number of alkyl halides is 1. The van der Waals surface area contributed by atoms with Gasteiger partial charge in [0, 0.05) is 29.2 Å². The Morgan fingerprint density at radius 3 is 2.67 bits per heavy atom. The molecule has 1 aliphatic rings. The van der Waals surface area contributed by atoms with Crippen LogP contribution in [0.25, 0.3) is 10.9 Å². The summed E-state index contributed by atoms with van der Waals surface area (Å²) in [5, 5.41) is 12.6. The van der Waals surface area contributed by atoms with Crippen LogP contribution in [0, 0.1) is 11.2 Å². The summed E-state index contributed by atoms with van der Waals surface area (Å²) in [6.07, 6.45) is 3.97. The van der Waals surface area contributed by atoms with Crippen molar-refractivity contribution in [1.29, 1.82) is 0 Å². The van der Waals surface area contributed by atoms with Gasteiger partial charge in [-0.3, -0.25) is 4.98 Å². The summed E-state index contributed by atoms with van der Waals surface area (Å²) >= 11 is 5.77. The van der Waals surface area contributed by atoms with E-state index in [1.54, 1.807) is 0 Å². The van der Waals surface area contributed by atoms with Gasteiger partial charge in [0.1, 0.15) is 5.82 Å². The average molecular weight is 414 g/mol. The van der Waals surface area contributed by atoms with Gasteiger partial charge in [0.15, 0.2) is 0 Å². The van der Waals surface area contributed by atoms with Crippen molar-refractivity contribution in [3.63, 3.8) is 0 Å². The molecule has 1 aromatic carbocycles. The Bertz CT molecular complexity index is 780. The molecule has 0 saturated carbocycles. The summed E-state index contributed by atoms with van der Waals surface area (Å²) in [6, 6.07) is 7.45. The minimum atomic E-state index is -0.983. The number of fused-ring (bicyclic) bond motifs is 1. The Hall–Kier alpha value is -1.43. The first-order chi connectivity index (χ1) is 12.6. The summed E-state index contributed by atoms with van der Waals surface area (Å²) in [6.45, 7) is 2.21. The number of hydrogen-bond acceptors (Lipinski definition) is 4. The molecule has 1 saturated heterocycles. The van der Waals surface area contributed by atoms with Gasteiger partial charge in [-0.2, -0.15) is 0 Å². The van der Waals surface area contributed by atoms with Gasteiger partial charge in [-0.15, -0.1) is 24.0 Å². The number of piperidine rings is 1. The van der Waals surface area contributed by atoms with Crippen LogP contribution < -0.4 is 5.11 Å². The van der Waals surface area contributed by atoms with Crippen LogP contribution in [0.2, 0.25) is 0 Å². The molecule has 7 heteroatoms. The second kappa shape index (κ2) is 9.67. The molecule has 0 amide bonds. The first-order valence-corrected chi connectivity index (χ1v) is 9.61. The maximum atomic E-state index is 14.3. The lowest BCUT2D eigenvalue weighted by molar-refractivity contribution is -0.321. The van der Waals surface area contributed by atoms with E-state index in [0.717, 1.165) is 17.4 Å². The number of halogens is 3. The zero-order chi connectivity index (χ0) is 18.6. The standard InChI is InChI=1S/C20H24ClFN2O2.ClH/c21-10-13-24-11-8-20(9-12-24,19(25)26)7-3-5-15-16-4-1-2-6-18(16)23-14-17(15)22;/h1-2,4,6,14H,3,5,7-13H2,(H,25,26);1H/p-1. The van der Waals surface area contributed by atoms with Crippen LogP contribution in [-0.2, 0) is 11.2 Å². The van der Waals surface area contributed by atoms with Crippen molar-refractivity contribution in [3.8, 4) is 0 Å². The van der Waals surface area contributed by atoms with Crippen LogP contribution in [-0.4, -0.2) is 41.4 Å². The maximum Gasteiger partial charge on any atom is 0.145 e. The Labute approximate surface area is 170 Å². The van der Waals surface area contributed by atoms with E-state index in [0.29, 0.717) is 56.6 Å². The molecule has 0 bridgehead atoms. The Balaban J connectivity index is 0.00000261. The summed E-state index contributed by atoms with van der Waals surface area (Å²) < 4.78 is 14.3. The fourth-order valence-corrected chi connectivity index (χ4v) is 4.15. The number of nitrogens with zero attached hydrogens (tertiary/aromatic N) is 2. The Morgan fingerprint density at radius 1 is 1.30 bits per heavy atom. The van der Waals surface area contributed by atoms with E-state index < -0.39 is 11.4 Å². The predicted molar refractivity (Wildman–Crippen MR) is 106 cm³/mol. The van der Waals surface area contributed by atoms with Crippen molar-refractivity contribution in [2.24, 2.45) is 5.41 Å². The van der Waals surface area contributed by atoms with Crippen molar-refractivity contribution < 1.29 is 14.3 Å². The van der Waals surface area contributed by atoms with Gasteiger partial charge in [0.05, 0.1) is 11.7 Å². The number of aliphatic carboxylic acids is 1. The molecular weight excluding hydrogens is 390 g/mol. The number of aryl methyl sites for hydroxylation is 1. The number of pyridine rings is 1. The number of carboxylic acids is 1. The molecule has 4 nitrogen and oxygen atoms in total. The molecule has 27 heavy (non-hydrogen) atoms. The number of carbonyl (C=O) groups is 1. The highest BCUT2D eigenvalue weighted by atomic mass is 35.5. The second-order valence-corrected chi connectivity index (χ2v) is 7.43. The van der Waals surface area contributed by atoms with Gasteiger partial charge >= 0.3 is 0 Å². The average Bonchev–Trinajstić information content (AvgIpc) is 2.65. The zero-order valence-electron chi connectivity index (χ0n) is 15.1. The number of benzene rings is 1. The molecule has 0 radical (unpaired) electrons. The summed E-state index contributed by atoms with van der Waals surface area (Å²) in [5.74, 6) is -0.765. The Kier molecular flexibility index (Phi) is 7.83. The number of carbonyl (C=O) groups excluding carboxylic acids is 1. The van der Waals surface area contributed by atoms with E-state index in [9.17, 15) is 14.3 Å². The number of likely N-dealkylation sites (tertiary alicyclic amines) is 1. The van der Waals surface area contributed by atoms with Crippen molar-refractivity contribution in [2.45, 2.75) is 32.1 Å². The van der Waals surface area contributed by atoms with E-state index in [1.807, 2.05) is 24.3 Å². The maximum absolute atomic E-state index is 14.3. The summed E-state index contributed by atoms with van der Waals surface area (Å²) in [7, 11) is 0. The van der Waals surface area contributed by atoms with Gasteiger partial charge in [0.25, 0.3) is 0 Å². The van der Waals surface area contributed by atoms with E-state index in [1.165, 1.54) is 6.20 Å². The minimum absolute atomic E-state index is 0. The van der Waals surface area contributed by atoms with Crippen LogP contribution in [0.5, 0.6) is 0 Å². The topological polar surface area (TPSA) is 56.3 Å². The van der Waals surface area contributed by atoms with Crippen molar-refractivity contribution in [2.75, 3.05) is 25.5 Å². The lowest BCUT2D eigenvalue weighted by atomic mass is 9.74. The Morgan fingerprint density at radius 2 is 2.00 bits per heavy atom. The number of aromatic nitrogens is 1. The molecule has 1 fully saturated rings. The lowest BCUT2D eigenvalue weighted by Crippen LogP contribution is -2.50. The van der Waals surface area contributed by atoms with E-state index in [4.69, 9.17) is 11.6 Å². The van der Waals surface area contributed by atoms with Gasteiger partial charge in [-0.1, -0.05) is 18.2 Å². The van der Waals surface area contributed by atoms with E-state index in [2.05, 4.69) is 9.88 Å². The second-order valence-electron chi connectivity index (χ2n) is 7.05. The van der Waals surface area contributed by atoms with Crippen LogP contribution in [0.1, 0.15) is 31.2 Å². The zero-order valence-corrected chi connectivity index (χ0v) is 16.7. The van der Waals surface area contributed by atoms with Crippen LogP contribution >= 0.6 is 24.0 Å². The summed E-state index contributed by atoms with van der Waals surface area (Å²) in [4.78, 5) is 18.1. The molecule has 0 unspecified atom stereocenters. The first-order valence-electron chi connectivity index (χ1n) is 9.08. The molecule has 2 heterocycles. The lowest BCUT2D eigenvalue weighted by Gasteiger charge is -2.42. The van der Waals surface area contributed by atoms with Crippen molar-refractivity contribution in [3.05, 3.63) is 41.8 Å². The molecule has 0 spiro atoms. The van der Waals surface area contributed by atoms with Crippen LogP contribution in [0.15, 0.2) is 30.5 Å². The SMILES string of the molecule is Cl.O=C([O-])C1(CCCc2c(F)cnc3ccccc23)CCN(CCCl)CC1. The van der Waals surface area contributed by atoms with Crippen LogP contribution in [0.3, 0.4) is 0 Å². The number of para-hydroxylation sites is 1. The highest BCUT2D eigenvalue weighted by Gasteiger charge is 2.35. The minimum Gasteiger partial charge on any atom is -0.550 e. The third-order valence-electron chi connectivity index (χ3n) is 5.56. The number of carboxylic acid groups (broad SMARTS) is 1. The molecule has 0 atom stereocenters. The van der Waals surface area contributed by atoms with Crippen molar-refractivity contribution >= 4 is 40.9 Å². The van der Waals surface area contributed by atoms with Crippen LogP contribution in [0.4, 0.5) is 4.39 Å². The van der Waals surface area contributed by atoms with Gasteiger partial charge in [0.2, 0.25) is 0 Å². The van der Waals surface area contributed by atoms with E-state index in [-0.39, 0.29) is 18.2 Å². The number of rotatable bonds is 7. The fourth-order valence-electron chi connectivity index (χ4n) is 3.91. The number of hydrogen-bond donors (Lipinski definition) is 0. The predicted octanol–water partition coefficient (Wildman–Crippen LogP) is 3.19. The van der Waals surface area contributed by atoms with Gasteiger partial charge < -0.3 is 14.8 Å². The smallest absolute Gasteiger partial charge is 0.145 e. The largest absolute Gasteiger partial charge is 0.550 e. The molecule has 1 aromatic heterocycles. The molecular formula is C20H24Cl2FN2O2-. The quantitative estimate of drug-likeness (QED) is 0.653. The highest BCUT2D eigenvalue weighted by molar-refractivity contribution is 6.18. The monoisotopic (exact) mass is 413 g/mol.